The highest BCUT2D eigenvalue weighted by atomic mass is 79.9. The lowest BCUT2D eigenvalue weighted by Gasteiger charge is -2.10. The topological polar surface area (TPSA) is 52.1 Å². The highest BCUT2D eigenvalue weighted by molar-refractivity contribution is 9.10. The second-order valence-electron chi connectivity index (χ2n) is 6.39. The lowest BCUT2D eigenvalue weighted by molar-refractivity contribution is 0.304. The Morgan fingerprint density at radius 1 is 0.900 bits per heavy atom. The van der Waals surface area contributed by atoms with Crippen molar-refractivity contribution in [2.24, 2.45) is 5.10 Å². The predicted molar refractivity (Wildman–Crippen MR) is 124 cm³/mol. The molecule has 3 aromatic carbocycles. The molecule has 156 valence electrons. The van der Waals surface area contributed by atoms with Crippen molar-refractivity contribution in [1.29, 1.82) is 0 Å². The van der Waals surface area contributed by atoms with E-state index in [0.29, 0.717) is 29.7 Å². The number of hydrazone groups is 1. The lowest BCUT2D eigenvalue weighted by atomic mass is 10.2. The Morgan fingerprint density at radius 2 is 1.60 bits per heavy atom. The lowest BCUT2D eigenvalue weighted by Crippen LogP contribution is -2.06. The average molecular weight is 490 g/mol. The van der Waals surface area contributed by atoms with Crippen LogP contribution in [-0.4, -0.2) is 20.4 Å². The number of rotatable bonds is 9. The zero-order valence-corrected chi connectivity index (χ0v) is 19.0. The molecule has 0 radical (unpaired) electrons. The molecule has 3 rings (SSSR count). The molecule has 0 saturated heterocycles. The maximum atomic E-state index is 5.91. The maximum Gasteiger partial charge on any atom is 0.161 e. The third-order valence-corrected chi connectivity index (χ3v) is 5.17. The van der Waals surface area contributed by atoms with E-state index in [0.717, 1.165) is 26.9 Å². The molecule has 0 unspecified atom stereocenters. The fraction of sp³-hybridized carbons (Fsp3) is 0.174. The van der Waals surface area contributed by atoms with Crippen LogP contribution in [0.4, 0.5) is 0 Å². The highest BCUT2D eigenvalue weighted by Crippen LogP contribution is 2.28. The second-order valence-corrected chi connectivity index (χ2v) is 7.68. The Morgan fingerprint density at radius 3 is 2.30 bits per heavy atom. The van der Waals surface area contributed by atoms with E-state index in [-0.39, 0.29) is 0 Å². The minimum absolute atomic E-state index is 0.468. The third kappa shape index (κ3) is 6.15. The minimum atomic E-state index is 0.468. The molecule has 0 aliphatic carbocycles. The van der Waals surface area contributed by atoms with Crippen molar-refractivity contribution in [3.63, 3.8) is 0 Å². The molecule has 0 atom stereocenters. The van der Waals surface area contributed by atoms with Crippen molar-refractivity contribution in [3.8, 4) is 17.2 Å². The average Bonchev–Trinajstić information content (AvgIpc) is 2.77. The van der Waals surface area contributed by atoms with E-state index in [1.54, 1.807) is 20.4 Å². The summed E-state index contributed by atoms with van der Waals surface area (Å²) in [5.74, 6) is 2.16. The molecule has 5 nitrogen and oxygen atoms in total. The van der Waals surface area contributed by atoms with Crippen LogP contribution in [0.1, 0.15) is 16.7 Å². The van der Waals surface area contributed by atoms with Crippen LogP contribution in [-0.2, 0) is 13.2 Å². The summed E-state index contributed by atoms with van der Waals surface area (Å²) in [6, 6.07) is 19.2. The van der Waals surface area contributed by atoms with Crippen LogP contribution in [0.3, 0.4) is 0 Å². The maximum absolute atomic E-state index is 5.91. The molecule has 0 bridgehead atoms. The van der Waals surface area contributed by atoms with E-state index in [1.165, 1.54) is 0 Å². The molecule has 0 saturated carbocycles. The number of ether oxygens (including phenoxy) is 3. The summed E-state index contributed by atoms with van der Waals surface area (Å²) in [6.45, 7) is 1.04. The molecule has 30 heavy (non-hydrogen) atoms. The first-order valence-corrected chi connectivity index (χ1v) is 10.4. The molecule has 0 aromatic heterocycles. The first-order chi connectivity index (χ1) is 14.6. The Bertz CT molecular complexity index is 1010. The van der Waals surface area contributed by atoms with Gasteiger partial charge < -0.3 is 19.6 Å². The van der Waals surface area contributed by atoms with Crippen molar-refractivity contribution in [2.45, 2.75) is 13.2 Å². The fourth-order valence-electron chi connectivity index (χ4n) is 2.70. The van der Waals surface area contributed by atoms with Gasteiger partial charge >= 0.3 is 0 Å². The Hall–Kier alpha value is -2.70. The van der Waals surface area contributed by atoms with Gasteiger partial charge in [-0.25, -0.2) is 0 Å². The van der Waals surface area contributed by atoms with Crippen LogP contribution in [0, 0.1) is 0 Å². The quantitative estimate of drug-likeness (QED) is 0.304. The Labute approximate surface area is 189 Å². The van der Waals surface area contributed by atoms with Crippen LogP contribution in [0.2, 0.25) is 5.02 Å². The summed E-state index contributed by atoms with van der Waals surface area (Å²) in [7, 11) is 3.24. The zero-order valence-electron chi connectivity index (χ0n) is 16.7. The normalized spacial score (nSPS) is 10.8. The van der Waals surface area contributed by atoms with E-state index < -0.39 is 0 Å². The molecule has 7 heteroatoms. The van der Waals surface area contributed by atoms with Gasteiger partial charge in [0.1, 0.15) is 12.4 Å². The van der Waals surface area contributed by atoms with Gasteiger partial charge in [-0.3, -0.25) is 0 Å². The summed E-state index contributed by atoms with van der Waals surface area (Å²) >= 11 is 9.46. The van der Waals surface area contributed by atoms with Crippen molar-refractivity contribution < 1.29 is 14.2 Å². The van der Waals surface area contributed by atoms with Crippen LogP contribution < -0.4 is 19.6 Å². The van der Waals surface area contributed by atoms with Crippen LogP contribution in [0.15, 0.2) is 70.2 Å². The summed E-state index contributed by atoms with van der Waals surface area (Å²) < 4.78 is 17.3. The number of hydrogen-bond donors (Lipinski definition) is 1. The number of nitrogens with one attached hydrogen (secondary N) is 1. The Kier molecular flexibility index (Phi) is 7.99. The summed E-state index contributed by atoms with van der Waals surface area (Å²) in [5.41, 5.74) is 6.08. The number of benzene rings is 3. The molecule has 0 spiro atoms. The van der Waals surface area contributed by atoms with Crippen LogP contribution in [0.5, 0.6) is 17.2 Å². The summed E-state index contributed by atoms with van der Waals surface area (Å²) in [4.78, 5) is 0. The van der Waals surface area contributed by atoms with Crippen molar-refractivity contribution in [1.82, 2.24) is 5.43 Å². The number of methoxy groups -OCH3 is 2. The van der Waals surface area contributed by atoms with E-state index in [1.807, 2.05) is 60.7 Å². The highest BCUT2D eigenvalue weighted by Gasteiger charge is 2.05. The van der Waals surface area contributed by atoms with Gasteiger partial charge in [0.05, 0.1) is 31.5 Å². The van der Waals surface area contributed by atoms with E-state index >= 15 is 0 Å². The number of halogens is 2. The van der Waals surface area contributed by atoms with E-state index in [9.17, 15) is 0 Å². The van der Waals surface area contributed by atoms with Crippen molar-refractivity contribution in [3.05, 3.63) is 86.8 Å². The van der Waals surface area contributed by atoms with Crippen molar-refractivity contribution in [2.75, 3.05) is 14.2 Å². The molecule has 3 aromatic rings. The van der Waals surface area contributed by atoms with Gasteiger partial charge in [-0.2, -0.15) is 5.10 Å². The largest absolute Gasteiger partial charge is 0.493 e. The first kappa shape index (κ1) is 22.0. The molecular weight excluding hydrogens is 468 g/mol. The van der Waals surface area contributed by atoms with Gasteiger partial charge in [-0.05, 0) is 75.1 Å². The van der Waals surface area contributed by atoms with Crippen LogP contribution in [0.25, 0.3) is 0 Å². The predicted octanol–water partition coefficient (Wildman–Crippen LogP) is 5.82. The fourth-order valence-corrected chi connectivity index (χ4v) is 3.34. The zero-order chi connectivity index (χ0) is 21.3. The first-order valence-electron chi connectivity index (χ1n) is 9.22. The van der Waals surface area contributed by atoms with Gasteiger partial charge in [0.15, 0.2) is 11.5 Å². The molecule has 0 aliphatic rings. The third-order valence-electron chi connectivity index (χ3n) is 4.30. The number of nitrogens with zero attached hydrogens (tertiary/aromatic N) is 1. The molecule has 1 N–H and O–H groups in total. The summed E-state index contributed by atoms with van der Waals surface area (Å²) in [6.07, 6.45) is 1.76. The minimum Gasteiger partial charge on any atom is -0.493 e. The van der Waals surface area contributed by atoms with Crippen molar-refractivity contribution >= 4 is 33.7 Å². The van der Waals surface area contributed by atoms with Gasteiger partial charge in [0.25, 0.3) is 0 Å². The summed E-state index contributed by atoms with van der Waals surface area (Å²) in [5, 5.41) is 5.00. The van der Waals surface area contributed by atoms with Gasteiger partial charge in [0, 0.05) is 5.02 Å². The smallest absolute Gasteiger partial charge is 0.161 e. The molecular formula is C23H22BrClN2O3. The van der Waals surface area contributed by atoms with Gasteiger partial charge in [-0.1, -0.05) is 29.8 Å². The molecule has 0 amide bonds. The Balaban J connectivity index is 1.53. The second kappa shape index (κ2) is 10.9. The van der Waals surface area contributed by atoms with Gasteiger partial charge in [-0.15, -0.1) is 0 Å². The monoisotopic (exact) mass is 488 g/mol. The van der Waals surface area contributed by atoms with E-state index in [2.05, 4.69) is 26.5 Å². The van der Waals surface area contributed by atoms with Gasteiger partial charge in [0.2, 0.25) is 0 Å². The number of hydrogen-bond acceptors (Lipinski definition) is 5. The molecule has 0 heterocycles. The molecule has 0 aliphatic heterocycles. The standard InChI is InChI=1S/C23H22BrClN2O3/c1-28-22-10-6-18(12-23(22)29-2)14-27-26-13-17-5-9-21(20(24)11-17)30-15-16-3-7-19(25)8-4-16/h3-13,27H,14-15H2,1-2H3/b26-13-. The molecule has 0 fully saturated rings. The SMILES string of the molecule is COc1ccc(CN/N=C\c2ccc(OCc3ccc(Cl)cc3)c(Br)c2)cc1OC. The van der Waals surface area contributed by atoms with Crippen LogP contribution >= 0.6 is 27.5 Å². The van der Waals surface area contributed by atoms with E-state index in [4.69, 9.17) is 25.8 Å².